The van der Waals surface area contributed by atoms with E-state index >= 15 is 0 Å². The van der Waals surface area contributed by atoms with Gasteiger partial charge in [-0.15, -0.1) is 0 Å². The number of rotatable bonds is 6. The van der Waals surface area contributed by atoms with Crippen molar-refractivity contribution in [3.8, 4) is 0 Å². The predicted octanol–water partition coefficient (Wildman–Crippen LogP) is 2.17. The van der Waals surface area contributed by atoms with Crippen LogP contribution in [0.15, 0.2) is 22.4 Å². The molecular weight excluding hydrogens is 468 g/mol. The number of carbonyl (C=O) groups is 2. The molecule has 33 heavy (non-hydrogen) atoms. The van der Waals surface area contributed by atoms with Gasteiger partial charge in [0.1, 0.15) is 0 Å². The minimum atomic E-state index is -3.67. The normalized spacial score (nSPS) is 14.3. The fourth-order valence-corrected chi connectivity index (χ4v) is 5.76. The van der Waals surface area contributed by atoms with Gasteiger partial charge in [-0.05, 0) is 25.1 Å². The van der Waals surface area contributed by atoms with Gasteiger partial charge in [-0.25, -0.2) is 22.5 Å². The van der Waals surface area contributed by atoms with Crippen molar-refractivity contribution in [1.82, 2.24) is 9.29 Å². The summed E-state index contributed by atoms with van der Waals surface area (Å²) in [5.74, 6) is -0.271. The second-order valence-corrected chi connectivity index (χ2v) is 11.0. The molecule has 0 bridgehead atoms. The van der Waals surface area contributed by atoms with Crippen molar-refractivity contribution >= 4 is 55.5 Å². The maximum Gasteiger partial charge on any atom is 0.327 e. The minimum Gasteiger partial charge on any atom is -0.378 e. The van der Waals surface area contributed by atoms with E-state index in [1.54, 1.807) is 19.1 Å². The summed E-state index contributed by atoms with van der Waals surface area (Å²) in [6, 6.07) is 4.86. The summed E-state index contributed by atoms with van der Waals surface area (Å²) in [6.45, 7) is 5.69. The van der Waals surface area contributed by atoms with Gasteiger partial charge in [-0.2, -0.15) is 0 Å². The summed E-state index contributed by atoms with van der Waals surface area (Å²) in [4.78, 5) is 32.3. The molecule has 0 spiro atoms. The van der Waals surface area contributed by atoms with Crippen LogP contribution in [0.5, 0.6) is 0 Å². The highest BCUT2D eigenvalue weighted by molar-refractivity contribution is 7.91. The third kappa shape index (κ3) is 5.61. The summed E-state index contributed by atoms with van der Waals surface area (Å²) in [5, 5.41) is 5.76. The molecule has 1 aromatic carbocycles. The first-order valence-electron chi connectivity index (χ1n) is 10.2. The van der Waals surface area contributed by atoms with E-state index in [1.165, 1.54) is 33.0 Å². The summed E-state index contributed by atoms with van der Waals surface area (Å²) < 4.78 is 31.5. The molecule has 0 saturated carbocycles. The van der Waals surface area contributed by atoms with Crippen LogP contribution in [0.4, 0.5) is 27.0 Å². The first kappa shape index (κ1) is 24.9. The maximum absolute atomic E-state index is 12.9. The number of sulfonamides is 1. The molecule has 11 nitrogen and oxygen atoms in total. The second kappa shape index (κ2) is 10.0. The lowest BCUT2D eigenvalue weighted by molar-refractivity contribution is -0.114. The number of urea groups is 1. The number of benzene rings is 1. The van der Waals surface area contributed by atoms with Gasteiger partial charge in [-0.1, -0.05) is 11.3 Å². The molecule has 2 aromatic rings. The number of aromatic nitrogens is 1. The number of nitrogens with zero attached hydrogens (tertiary/aromatic N) is 4. The van der Waals surface area contributed by atoms with E-state index in [4.69, 9.17) is 4.74 Å². The lowest BCUT2D eigenvalue weighted by Gasteiger charge is -2.29. The Hall–Kier alpha value is -2.74. The van der Waals surface area contributed by atoms with Crippen molar-refractivity contribution < 1.29 is 22.7 Å². The Kier molecular flexibility index (Phi) is 7.57. The summed E-state index contributed by atoms with van der Waals surface area (Å²) in [5.41, 5.74) is 2.09. The second-order valence-electron chi connectivity index (χ2n) is 7.66. The largest absolute Gasteiger partial charge is 0.378 e. The molecule has 0 radical (unpaired) electrons. The summed E-state index contributed by atoms with van der Waals surface area (Å²) >= 11 is 0.914. The van der Waals surface area contributed by atoms with Crippen LogP contribution in [-0.2, 0) is 19.6 Å². The van der Waals surface area contributed by atoms with Crippen LogP contribution in [0.3, 0.4) is 0 Å². The SMILES string of the molecule is CC(=O)Nc1cc(N2CCOCC2)ccc1NC(=O)N(C)c1nc(C)c(S(=O)(=O)N(C)C)s1. The number of anilines is 4. The van der Waals surface area contributed by atoms with Crippen LogP contribution in [0.25, 0.3) is 0 Å². The highest BCUT2D eigenvalue weighted by Crippen LogP contribution is 2.32. The molecular formula is C20H28N6O5S2. The van der Waals surface area contributed by atoms with E-state index in [0.29, 0.717) is 30.3 Å². The third-order valence-electron chi connectivity index (χ3n) is 4.98. The van der Waals surface area contributed by atoms with E-state index < -0.39 is 16.1 Å². The van der Waals surface area contributed by atoms with Crippen molar-refractivity contribution in [2.24, 2.45) is 0 Å². The maximum atomic E-state index is 12.9. The van der Waals surface area contributed by atoms with Gasteiger partial charge in [0, 0.05) is 46.8 Å². The number of hydrogen-bond acceptors (Lipinski definition) is 8. The number of thiazole rings is 1. The Labute approximate surface area is 197 Å². The minimum absolute atomic E-state index is 0.0796. The van der Waals surface area contributed by atoms with Gasteiger partial charge in [0.15, 0.2) is 9.34 Å². The smallest absolute Gasteiger partial charge is 0.327 e. The first-order chi connectivity index (χ1) is 15.5. The van der Waals surface area contributed by atoms with Crippen LogP contribution < -0.4 is 20.4 Å². The monoisotopic (exact) mass is 496 g/mol. The number of hydrogen-bond donors (Lipinski definition) is 2. The molecule has 0 atom stereocenters. The van der Waals surface area contributed by atoms with Crippen LogP contribution in [-0.4, -0.2) is 77.1 Å². The standard InChI is InChI=1S/C20H28N6O5S2/c1-13-18(33(29,30)24(3)4)32-20(21-13)25(5)19(28)23-16-7-6-15(12-17(16)22-14(2)27)26-8-10-31-11-9-26/h6-7,12H,8-11H2,1-5H3,(H,22,27)(H,23,28). The van der Waals surface area contributed by atoms with Crippen molar-refractivity contribution in [2.45, 2.75) is 18.1 Å². The van der Waals surface area contributed by atoms with Crippen LogP contribution in [0.2, 0.25) is 0 Å². The van der Waals surface area contributed by atoms with E-state index in [1.807, 2.05) is 6.07 Å². The molecule has 1 aliphatic heterocycles. The molecule has 1 aromatic heterocycles. The highest BCUT2D eigenvalue weighted by atomic mass is 32.2. The number of amides is 3. The van der Waals surface area contributed by atoms with Gasteiger partial charge < -0.3 is 20.3 Å². The zero-order chi connectivity index (χ0) is 24.3. The topological polar surface area (TPSA) is 124 Å². The highest BCUT2D eigenvalue weighted by Gasteiger charge is 2.27. The lowest BCUT2D eigenvalue weighted by Crippen LogP contribution is -2.36. The van der Waals surface area contributed by atoms with Crippen molar-refractivity contribution in [2.75, 3.05) is 67.9 Å². The molecule has 0 unspecified atom stereocenters. The fraction of sp³-hybridized carbons (Fsp3) is 0.450. The van der Waals surface area contributed by atoms with Crippen LogP contribution in [0.1, 0.15) is 12.6 Å². The first-order valence-corrected chi connectivity index (χ1v) is 12.5. The Morgan fingerprint density at radius 2 is 1.79 bits per heavy atom. The summed E-state index contributed by atoms with van der Waals surface area (Å²) in [7, 11) is 0.708. The molecule has 1 saturated heterocycles. The fourth-order valence-electron chi connectivity index (χ4n) is 3.16. The van der Waals surface area contributed by atoms with E-state index in [2.05, 4.69) is 20.5 Å². The van der Waals surface area contributed by atoms with Gasteiger partial charge >= 0.3 is 6.03 Å². The van der Waals surface area contributed by atoms with Gasteiger partial charge in [0.2, 0.25) is 5.91 Å². The zero-order valence-corrected chi connectivity index (χ0v) is 20.8. The third-order valence-corrected chi connectivity index (χ3v) is 8.62. The van der Waals surface area contributed by atoms with Crippen LogP contribution in [0, 0.1) is 6.92 Å². The molecule has 3 amide bonds. The van der Waals surface area contributed by atoms with E-state index in [-0.39, 0.29) is 15.2 Å². The molecule has 1 aliphatic rings. The van der Waals surface area contributed by atoms with Gasteiger partial charge in [0.05, 0.1) is 30.3 Å². The number of morpholine rings is 1. The lowest BCUT2D eigenvalue weighted by atomic mass is 10.2. The number of ether oxygens (including phenoxy) is 1. The molecule has 0 aliphatic carbocycles. The molecule has 180 valence electrons. The van der Waals surface area contributed by atoms with Crippen molar-refractivity contribution in [3.63, 3.8) is 0 Å². The Morgan fingerprint density at radius 3 is 2.39 bits per heavy atom. The van der Waals surface area contributed by atoms with Gasteiger partial charge in [0.25, 0.3) is 10.0 Å². The zero-order valence-electron chi connectivity index (χ0n) is 19.2. The Balaban J connectivity index is 1.83. The average Bonchev–Trinajstić information content (AvgIpc) is 3.16. The molecule has 13 heteroatoms. The Morgan fingerprint density at radius 1 is 1.12 bits per heavy atom. The van der Waals surface area contributed by atoms with Gasteiger partial charge in [-0.3, -0.25) is 9.69 Å². The van der Waals surface area contributed by atoms with Crippen LogP contribution >= 0.6 is 11.3 Å². The van der Waals surface area contributed by atoms with Crippen molar-refractivity contribution in [3.05, 3.63) is 23.9 Å². The Bertz CT molecular complexity index is 1140. The molecule has 1 fully saturated rings. The van der Waals surface area contributed by atoms with Crippen molar-refractivity contribution in [1.29, 1.82) is 0 Å². The predicted molar refractivity (Wildman–Crippen MR) is 129 cm³/mol. The summed E-state index contributed by atoms with van der Waals surface area (Å²) in [6.07, 6.45) is 0. The average molecular weight is 497 g/mol. The molecule has 2 N–H and O–H groups in total. The molecule has 2 heterocycles. The molecule has 3 rings (SSSR count). The quantitative estimate of drug-likeness (QED) is 0.628. The number of carbonyl (C=O) groups excluding carboxylic acids is 2. The number of nitrogens with one attached hydrogen (secondary N) is 2. The van der Waals surface area contributed by atoms with E-state index in [0.717, 1.165) is 34.4 Å². The number of aryl methyl sites for hydroxylation is 1. The van der Waals surface area contributed by atoms with E-state index in [9.17, 15) is 18.0 Å².